The SMILES string of the molecule is O=C(O)C1CCCONCC1. The molecule has 0 aromatic heterocycles. The molecule has 1 saturated heterocycles. The van der Waals surface area contributed by atoms with E-state index in [9.17, 15) is 4.79 Å². The number of aliphatic carboxylic acids is 1. The normalized spacial score (nSPS) is 27.1. The van der Waals surface area contributed by atoms with Crippen LogP contribution in [0.3, 0.4) is 0 Å². The summed E-state index contributed by atoms with van der Waals surface area (Å²) in [5.74, 6) is -0.875. The Balaban J connectivity index is 2.32. The molecule has 1 aliphatic rings. The van der Waals surface area contributed by atoms with Gasteiger partial charge in [-0.3, -0.25) is 4.79 Å². The van der Waals surface area contributed by atoms with Gasteiger partial charge in [0.25, 0.3) is 0 Å². The highest BCUT2D eigenvalue weighted by molar-refractivity contribution is 5.69. The van der Waals surface area contributed by atoms with E-state index < -0.39 is 5.97 Å². The van der Waals surface area contributed by atoms with Crippen LogP contribution < -0.4 is 5.48 Å². The van der Waals surface area contributed by atoms with Crippen LogP contribution in [-0.4, -0.2) is 24.2 Å². The van der Waals surface area contributed by atoms with E-state index in [1.165, 1.54) is 0 Å². The van der Waals surface area contributed by atoms with Crippen molar-refractivity contribution in [3.05, 3.63) is 0 Å². The van der Waals surface area contributed by atoms with Crippen LogP contribution in [0.1, 0.15) is 19.3 Å². The summed E-state index contributed by atoms with van der Waals surface area (Å²) in [4.78, 5) is 15.5. The van der Waals surface area contributed by atoms with Gasteiger partial charge in [0, 0.05) is 6.54 Å². The summed E-state index contributed by atoms with van der Waals surface area (Å²) in [5, 5.41) is 8.69. The molecular weight excluding hydrogens is 146 g/mol. The quantitative estimate of drug-likeness (QED) is 0.581. The second-order valence-corrected chi connectivity index (χ2v) is 2.71. The minimum Gasteiger partial charge on any atom is -0.481 e. The number of carboxylic acid groups (broad SMARTS) is 1. The lowest BCUT2D eigenvalue weighted by molar-refractivity contribution is -0.143. The lowest BCUT2D eigenvalue weighted by Gasteiger charge is -2.15. The van der Waals surface area contributed by atoms with Crippen molar-refractivity contribution in [1.29, 1.82) is 0 Å². The van der Waals surface area contributed by atoms with Crippen LogP contribution >= 0.6 is 0 Å². The van der Waals surface area contributed by atoms with Crippen molar-refractivity contribution in [2.45, 2.75) is 19.3 Å². The Hall–Kier alpha value is -0.610. The average Bonchev–Trinajstić information content (AvgIpc) is 1.84. The van der Waals surface area contributed by atoms with Crippen LogP contribution in [-0.2, 0) is 9.63 Å². The number of carbonyl (C=O) groups is 1. The first-order valence-corrected chi connectivity index (χ1v) is 3.88. The Morgan fingerprint density at radius 3 is 3.09 bits per heavy atom. The number of rotatable bonds is 1. The third-order valence-corrected chi connectivity index (χ3v) is 1.85. The maximum absolute atomic E-state index is 10.6. The second kappa shape index (κ2) is 4.31. The van der Waals surface area contributed by atoms with Gasteiger partial charge < -0.3 is 9.94 Å². The summed E-state index contributed by atoms with van der Waals surface area (Å²) < 4.78 is 0. The van der Waals surface area contributed by atoms with E-state index in [-0.39, 0.29) is 5.92 Å². The van der Waals surface area contributed by atoms with Crippen molar-refractivity contribution in [2.24, 2.45) is 5.92 Å². The summed E-state index contributed by atoms with van der Waals surface area (Å²) in [6, 6.07) is 0. The maximum atomic E-state index is 10.6. The number of hydrogen-bond donors (Lipinski definition) is 2. The first kappa shape index (κ1) is 8.49. The van der Waals surface area contributed by atoms with Crippen LogP contribution in [0.2, 0.25) is 0 Å². The molecule has 4 nitrogen and oxygen atoms in total. The van der Waals surface area contributed by atoms with Gasteiger partial charge in [0.05, 0.1) is 12.5 Å². The molecule has 64 valence electrons. The standard InChI is InChI=1S/C7H13NO3/c9-7(10)6-2-1-5-11-8-4-3-6/h6,8H,1-5H2,(H,9,10). The van der Waals surface area contributed by atoms with Gasteiger partial charge >= 0.3 is 5.97 Å². The summed E-state index contributed by atoms with van der Waals surface area (Å²) in [6.45, 7) is 1.25. The van der Waals surface area contributed by atoms with Gasteiger partial charge in [-0.25, -0.2) is 5.48 Å². The van der Waals surface area contributed by atoms with Gasteiger partial charge in [0.2, 0.25) is 0 Å². The van der Waals surface area contributed by atoms with Crippen molar-refractivity contribution < 1.29 is 14.7 Å². The number of hydrogen-bond acceptors (Lipinski definition) is 3. The third kappa shape index (κ3) is 2.86. The molecule has 0 radical (unpaired) electrons. The van der Waals surface area contributed by atoms with Gasteiger partial charge in [-0.15, -0.1) is 0 Å². The molecule has 1 aliphatic heterocycles. The highest BCUT2D eigenvalue weighted by atomic mass is 16.6. The molecule has 2 N–H and O–H groups in total. The molecule has 0 aliphatic carbocycles. The van der Waals surface area contributed by atoms with E-state index in [2.05, 4.69) is 5.48 Å². The van der Waals surface area contributed by atoms with Gasteiger partial charge in [-0.1, -0.05) is 0 Å². The summed E-state index contributed by atoms with van der Waals surface area (Å²) >= 11 is 0. The fourth-order valence-electron chi connectivity index (χ4n) is 1.17. The number of hydroxylamine groups is 1. The molecule has 0 bridgehead atoms. The lowest BCUT2D eigenvalue weighted by Crippen LogP contribution is -2.26. The maximum Gasteiger partial charge on any atom is 0.306 e. The number of nitrogens with one attached hydrogen (secondary N) is 1. The van der Waals surface area contributed by atoms with Gasteiger partial charge in [-0.2, -0.15) is 0 Å². The first-order valence-electron chi connectivity index (χ1n) is 3.88. The molecule has 1 fully saturated rings. The zero-order chi connectivity index (χ0) is 8.10. The van der Waals surface area contributed by atoms with Crippen molar-refractivity contribution in [2.75, 3.05) is 13.2 Å². The molecule has 0 aromatic carbocycles. The van der Waals surface area contributed by atoms with Crippen LogP contribution in [0.4, 0.5) is 0 Å². The minimum absolute atomic E-state index is 0.189. The van der Waals surface area contributed by atoms with Crippen LogP contribution in [0.25, 0.3) is 0 Å². The Morgan fingerprint density at radius 1 is 1.55 bits per heavy atom. The number of carboxylic acids is 1. The largest absolute Gasteiger partial charge is 0.481 e. The Kier molecular flexibility index (Phi) is 3.32. The summed E-state index contributed by atoms with van der Waals surface area (Å²) in [5.41, 5.74) is 2.71. The van der Waals surface area contributed by atoms with E-state index in [4.69, 9.17) is 9.94 Å². The zero-order valence-electron chi connectivity index (χ0n) is 6.38. The molecule has 0 amide bonds. The molecular formula is C7H13NO3. The average molecular weight is 159 g/mol. The van der Waals surface area contributed by atoms with E-state index in [0.29, 0.717) is 19.6 Å². The van der Waals surface area contributed by atoms with E-state index in [0.717, 1.165) is 12.8 Å². The molecule has 0 aromatic rings. The smallest absolute Gasteiger partial charge is 0.306 e. The van der Waals surface area contributed by atoms with E-state index in [1.54, 1.807) is 0 Å². The predicted octanol–water partition coefficient (Wildman–Crippen LogP) is 0.392. The summed E-state index contributed by atoms with van der Waals surface area (Å²) in [7, 11) is 0. The van der Waals surface area contributed by atoms with Crippen LogP contribution in [0.5, 0.6) is 0 Å². The van der Waals surface area contributed by atoms with Crippen molar-refractivity contribution in [3.8, 4) is 0 Å². The highest BCUT2D eigenvalue weighted by Crippen LogP contribution is 2.12. The lowest BCUT2D eigenvalue weighted by atomic mass is 10.00. The van der Waals surface area contributed by atoms with E-state index >= 15 is 0 Å². The minimum atomic E-state index is -0.686. The van der Waals surface area contributed by atoms with Gasteiger partial charge in [0.1, 0.15) is 0 Å². The van der Waals surface area contributed by atoms with Crippen molar-refractivity contribution in [1.82, 2.24) is 5.48 Å². The molecule has 11 heavy (non-hydrogen) atoms. The Morgan fingerprint density at radius 2 is 2.36 bits per heavy atom. The van der Waals surface area contributed by atoms with Crippen LogP contribution in [0.15, 0.2) is 0 Å². The molecule has 0 spiro atoms. The zero-order valence-corrected chi connectivity index (χ0v) is 6.38. The predicted molar refractivity (Wildman–Crippen MR) is 38.9 cm³/mol. The molecule has 1 unspecified atom stereocenters. The molecule has 0 saturated carbocycles. The third-order valence-electron chi connectivity index (χ3n) is 1.85. The topological polar surface area (TPSA) is 58.6 Å². The van der Waals surface area contributed by atoms with E-state index in [1.807, 2.05) is 0 Å². The van der Waals surface area contributed by atoms with Gasteiger partial charge in [-0.05, 0) is 19.3 Å². The molecule has 1 atom stereocenters. The first-order chi connectivity index (χ1) is 5.30. The molecule has 4 heteroatoms. The second-order valence-electron chi connectivity index (χ2n) is 2.71. The van der Waals surface area contributed by atoms with Crippen molar-refractivity contribution in [3.63, 3.8) is 0 Å². The van der Waals surface area contributed by atoms with Gasteiger partial charge in [0.15, 0.2) is 0 Å². The Labute approximate surface area is 65.5 Å². The highest BCUT2D eigenvalue weighted by Gasteiger charge is 2.17. The fraction of sp³-hybridized carbons (Fsp3) is 0.857. The monoisotopic (exact) mass is 159 g/mol. The van der Waals surface area contributed by atoms with Crippen LogP contribution in [0, 0.1) is 5.92 Å². The fourth-order valence-corrected chi connectivity index (χ4v) is 1.17. The van der Waals surface area contributed by atoms with Crippen molar-refractivity contribution >= 4 is 5.97 Å². The Bertz CT molecular complexity index is 130. The molecule has 1 rings (SSSR count). The summed E-state index contributed by atoms with van der Waals surface area (Å²) in [6.07, 6.45) is 2.22. The molecule has 1 heterocycles.